The van der Waals surface area contributed by atoms with E-state index in [1.165, 1.54) is 34.2 Å². The van der Waals surface area contributed by atoms with Crippen LogP contribution in [0.4, 0.5) is 10.1 Å². The maximum atomic E-state index is 13.2. The molecular weight excluding hydrogens is 363 g/mol. The number of rotatable bonds is 6. The Morgan fingerprint density at radius 2 is 2.00 bits per heavy atom. The summed E-state index contributed by atoms with van der Waals surface area (Å²) in [6.07, 6.45) is 0.0913. The summed E-state index contributed by atoms with van der Waals surface area (Å²) < 4.78 is 18.4. The Morgan fingerprint density at radius 1 is 1.29 bits per heavy atom. The van der Waals surface area contributed by atoms with Crippen molar-refractivity contribution in [1.29, 1.82) is 0 Å². The molecule has 0 unspecified atom stereocenters. The quantitative estimate of drug-likeness (QED) is 0.824. The van der Waals surface area contributed by atoms with Crippen molar-refractivity contribution in [2.24, 2.45) is 10.8 Å². The van der Waals surface area contributed by atoms with Gasteiger partial charge < -0.3 is 15.4 Å². The van der Waals surface area contributed by atoms with Crippen LogP contribution >= 0.6 is 0 Å². The number of amides is 2. The van der Waals surface area contributed by atoms with E-state index in [9.17, 15) is 14.0 Å². The number of carbonyl (C=O) groups is 2. The van der Waals surface area contributed by atoms with Gasteiger partial charge in [0.25, 0.3) is 5.91 Å². The molecule has 0 radical (unpaired) electrons. The Hall–Kier alpha value is -3.42. The standard InChI is InChI=1S/C20H21FN4O3/c1-24(12-13-4-3-5-16(10-13)28-2)20(27)17-11-18(19(22)26)25(23-17)15-8-6-14(21)7-9-15/h3-10,18H,11-12H2,1-2H3,(H2,22,26)/t18-/m0/s1. The van der Waals surface area contributed by atoms with Gasteiger partial charge in [0.2, 0.25) is 5.91 Å². The molecule has 0 fully saturated rings. The minimum absolute atomic E-state index is 0.0913. The minimum atomic E-state index is -0.797. The van der Waals surface area contributed by atoms with Crippen LogP contribution in [0.5, 0.6) is 5.75 Å². The Kier molecular flexibility index (Phi) is 5.58. The van der Waals surface area contributed by atoms with E-state index in [0.29, 0.717) is 18.0 Å². The number of hydrazone groups is 1. The van der Waals surface area contributed by atoms with Gasteiger partial charge in [0, 0.05) is 20.0 Å². The van der Waals surface area contributed by atoms with Gasteiger partial charge in [-0.3, -0.25) is 14.6 Å². The molecule has 146 valence electrons. The van der Waals surface area contributed by atoms with Crippen molar-refractivity contribution in [3.63, 3.8) is 0 Å². The molecule has 28 heavy (non-hydrogen) atoms. The molecule has 0 saturated carbocycles. The van der Waals surface area contributed by atoms with Crippen LogP contribution in [0.25, 0.3) is 0 Å². The Morgan fingerprint density at radius 3 is 2.64 bits per heavy atom. The molecule has 1 aliphatic heterocycles. The van der Waals surface area contributed by atoms with Gasteiger partial charge in [0.15, 0.2) is 0 Å². The van der Waals surface area contributed by atoms with E-state index in [4.69, 9.17) is 10.5 Å². The van der Waals surface area contributed by atoms with E-state index in [-0.39, 0.29) is 18.0 Å². The third kappa shape index (κ3) is 4.11. The number of hydrogen-bond acceptors (Lipinski definition) is 5. The van der Waals surface area contributed by atoms with Crippen LogP contribution in [0.1, 0.15) is 12.0 Å². The molecule has 2 aromatic carbocycles. The molecule has 0 bridgehead atoms. The average Bonchev–Trinajstić information content (AvgIpc) is 3.13. The number of ether oxygens (including phenoxy) is 1. The predicted octanol–water partition coefficient (Wildman–Crippen LogP) is 1.91. The van der Waals surface area contributed by atoms with Crippen molar-refractivity contribution in [3.05, 3.63) is 59.9 Å². The van der Waals surface area contributed by atoms with E-state index >= 15 is 0 Å². The summed E-state index contributed by atoms with van der Waals surface area (Å²) in [5.74, 6) is -0.616. The molecule has 0 spiro atoms. The maximum Gasteiger partial charge on any atom is 0.270 e. The largest absolute Gasteiger partial charge is 0.497 e. The highest BCUT2D eigenvalue weighted by molar-refractivity contribution is 6.40. The van der Waals surface area contributed by atoms with Gasteiger partial charge in [-0.1, -0.05) is 12.1 Å². The zero-order valence-corrected chi connectivity index (χ0v) is 15.6. The summed E-state index contributed by atoms with van der Waals surface area (Å²) >= 11 is 0. The van der Waals surface area contributed by atoms with Gasteiger partial charge in [0.05, 0.1) is 12.8 Å². The normalized spacial score (nSPS) is 15.9. The summed E-state index contributed by atoms with van der Waals surface area (Å²) in [7, 11) is 3.24. The number of hydrogen-bond donors (Lipinski definition) is 1. The number of halogens is 1. The molecule has 1 aliphatic rings. The first-order valence-electron chi connectivity index (χ1n) is 8.69. The SMILES string of the molecule is COc1cccc(CN(C)C(=O)C2=NN(c3ccc(F)cc3)[C@H](C(N)=O)C2)c1. The highest BCUT2D eigenvalue weighted by atomic mass is 19.1. The first-order valence-corrected chi connectivity index (χ1v) is 8.69. The van der Waals surface area contributed by atoms with Crippen LogP contribution in [-0.4, -0.2) is 42.6 Å². The van der Waals surface area contributed by atoms with Crippen LogP contribution in [0, 0.1) is 5.82 Å². The van der Waals surface area contributed by atoms with Gasteiger partial charge in [-0.05, 0) is 42.0 Å². The van der Waals surface area contributed by atoms with E-state index in [2.05, 4.69) is 5.10 Å². The second-order valence-electron chi connectivity index (χ2n) is 6.50. The fourth-order valence-corrected chi connectivity index (χ4v) is 3.03. The fourth-order valence-electron chi connectivity index (χ4n) is 3.03. The highest BCUT2D eigenvalue weighted by Crippen LogP contribution is 2.25. The van der Waals surface area contributed by atoms with E-state index in [0.717, 1.165) is 5.56 Å². The van der Waals surface area contributed by atoms with E-state index < -0.39 is 17.8 Å². The van der Waals surface area contributed by atoms with E-state index in [1.807, 2.05) is 24.3 Å². The first kappa shape index (κ1) is 19.3. The molecule has 0 saturated heterocycles. The number of benzene rings is 2. The number of methoxy groups -OCH3 is 1. The van der Waals surface area contributed by atoms with Crippen molar-refractivity contribution < 1.29 is 18.7 Å². The Balaban J connectivity index is 1.79. The lowest BCUT2D eigenvalue weighted by Crippen LogP contribution is -2.40. The van der Waals surface area contributed by atoms with Crippen LogP contribution < -0.4 is 15.5 Å². The molecular formula is C20H21FN4O3. The molecule has 2 N–H and O–H groups in total. The zero-order chi connectivity index (χ0) is 20.3. The van der Waals surface area contributed by atoms with Crippen LogP contribution in [0.2, 0.25) is 0 Å². The van der Waals surface area contributed by atoms with Gasteiger partial charge in [-0.25, -0.2) is 4.39 Å². The topological polar surface area (TPSA) is 88.2 Å². The molecule has 8 heteroatoms. The summed E-state index contributed by atoms with van der Waals surface area (Å²) in [5, 5.41) is 5.67. The smallest absolute Gasteiger partial charge is 0.270 e. The number of anilines is 1. The van der Waals surface area contributed by atoms with E-state index in [1.54, 1.807) is 14.2 Å². The molecule has 3 rings (SSSR count). The zero-order valence-electron chi connectivity index (χ0n) is 15.6. The molecule has 0 aliphatic carbocycles. The van der Waals surface area contributed by atoms with Crippen molar-refractivity contribution in [1.82, 2.24) is 4.90 Å². The second-order valence-corrected chi connectivity index (χ2v) is 6.50. The summed E-state index contributed by atoms with van der Waals surface area (Å²) in [6.45, 7) is 0.354. The number of carbonyl (C=O) groups excluding carboxylic acids is 2. The molecule has 1 atom stereocenters. The molecule has 2 aromatic rings. The summed E-state index contributed by atoms with van der Waals surface area (Å²) in [5.41, 5.74) is 7.09. The average molecular weight is 384 g/mol. The first-order chi connectivity index (χ1) is 13.4. The van der Waals surface area contributed by atoms with Gasteiger partial charge in [-0.15, -0.1) is 0 Å². The molecule has 1 heterocycles. The Bertz CT molecular complexity index is 914. The molecule has 0 aromatic heterocycles. The van der Waals surface area contributed by atoms with Crippen LogP contribution in [0.3, 0.4) is 0 Å². The number of nitrogens with zero attached hydrogens (tertiary/aromatic N) is 3. The van der Waals surface area contributed by atoms with Crippen LogP contribution in [0.15, 0.2) is 53.6 Å². The lowest BCUT2D eigenvalue weighted by Gasteiger charge is -2.20. The second kappa shape index (κ2) is 8.08. The molecule has 7 nitrogen and oxygen atoms in total. The van der Waals surface area contributed by atoms with Gasteiger partial charge in [0.1, 0.15) is 23.3 Å². The Labute approximate surface area is 162 Å². The van der Waals surface area contributed by atoms with Crippen molar-refractivity contribution in [2.75, 3.05) is 19.2 Å². The lowest BCUT2D eigenvalue weighted by molar-refractivity contribution is -0.123. The molecule has 2 amide bonds. The number of primary amides is 1. The number of nitrogens with two attached hydrogens (primary N) is 1. The highest BCUT2D eigenvalue weighted by Gasteiger charge is 2.36. The lowest BCUT2D eigenvalue weighted by atomic mass is 10.1. The minimum Gasteiger partial charge on any atom is -0.497 e. The fraction of sp³-hybridized carbons (Fsp3) is 0.250. The maximum absolute atomic E-state index is 13.2. The van der Waals surface area contributed by atoms with Crippen molar-refractivity contribution >= 4 is 23.2 Å². The summed E-state index contributed by atoms with van der Waals surface area (Å²) in [6, 6.07) is 12.1. The third-order valence-corrected chi connectivity index (χ3v) is 4.48. The predicted molar refractivity (Wildman–Crippen MR) is 103 cm³/mol. The van der Waals surface area contributed by atoms with Crippen molar-refractivity contribution in [2.45, 2.75) is 19.0 Å². The third-order valence-electron chi connectivity index (χ3n) is 4.48. The van der Waals surface area contributed by atoms with Gasteiger partial charge in [-0.2, -0.15) is 5.10 Å². The van der Waals surface area contributed by atoms with Crippen molar-refractivity contribution in [3.8, 4) is 5.75 Å². The van der Waals surface area contributed by atoms with Gasteiger partial charge >= 0.3 is 0 Å². The van der Waals surface area contributed by atoms with Crippen LogP contribution in [-0.2, 0) is 16.1 Å². The summed E-state index contributed by atoms with van der Waals surface area (Å²) in [4.78, 5) is 26.2. The monoisotopic (exact) mass is 384 g/mol.